The van der Waals surface area contributed by atoms with Crippen molar-refractivity contribution in [3.05, 3.63) is 34.5 Å². The molecule has 1 unspecified atom stereocenters. The van der Waals surface area contributed by atoms with Gasteiger partial charge in [-0.05, 0) is 18.4 Å². The Morgan fingerprint density at radius 2 is 2.33 bits per heavy atom. The average Bonchev–Trinajstić information content (AvgIpc) is 3.13. The Labute approximate surface area is 129 Å². The maximum Gasteiger partial charge on any atom is 0.191 e. The van der Waals surface area contributed by atoms with Crippen molar-refractivity contribution < 1.29 is 0 Å². The number of nitrogens with one attached hydrogen (secondary N) is 2. The van der Waals surface area contributed by atoms with Crippen LogP contribution in [-0.2, 0) is 13.6 Å². The molecule has 0 spiro atoms. The second kappa shape index (κ2) is 7.78. The number of aromatic nitrogens is 3. The molecule has 114 valence electrons. The van der Waals surface area contributed by atoms with Gasteiger partial charge in [0, 0.05) is 30.9 Å². The molecule has 21 heavy (non-hydrogen) atoms. The second-order valence-electron chi connectivity index (χ2n) is 4.85. The molecule has 6 nitrogen and oxygen atoms in total. The lowest BCUT2D eigenvalue weighted by molar-refractivity contribution is 0.704. The van der Waals surface area contributed by atoms with Crippen LogP contribution in [0.25, 0.3) is 0 Å². The molecule has 2 aromatic rings. The van der Waals surface area contributed by atoms with E-state index in [0.29, 0.717) is 12.5 Å². The zero-order valence-electron chi connectivity index (χ0n) is 12.7. The molecule has 0 fully saturated rings. The van der Waals surface area contributed by atoms with Crippen molar-refractivity contribution >= 4 is 17.3 Å². The summed E-state index contributed by atoms with van der Waals surface area (Å²) < 4.78 is 1.88. The van der Waals surface area contributed by atoms with Crippen LogP contribution in [0.5, 0.6) is 0 Å². The van der Waals surface area contributed by atoms with Crippen LogP contribution in [0.3, 0.4) is 0 Å². The number of thiophene rings is 1. The van der Waals surface area contributed by atoms with Crippen molar-refractivity contribution in [1.82, 2.24) is 25.4 Å². The molecule has 0 aliphatic carbocycles. The molecule has 7 heteroatoms. The minimum Gasteiger partial charge on any atom is -0.357 e. The first-order chi connectivity index (χ1) is 10.2. The number of hydrogen-bond donors (Lipinski definition) is 2. The first kappa shape index (κ1) is 15.5. The Balaban J connectivity index is 1.90. The molecule has 0 aliphatic heterocycles. The smallest absolute Gasteiger partial charge is 0.191 e. The number of aryl methyl sites for hydroxylation is 1. The van der Waals surface area contributed by atoms with Gasteiger partial charge in [-0.2, -0.15) is 0 Å². The normalized spacial score (nSPS) is 13.2. The summed E-state index contributed by atoms with van der Waals surface area (Å²) in [7, 11) is 1.92. The van der Waals surface area contributed by atoms with Gasteiger partial charge in [0.25, 0.3) is 0 Å². The lowest BCUT2D eigenvalue weighted by Gasteiger charge is -2.14. The van der Waals surface area contributed by atoms with Crippen molar-refractivity contribution in [2.45, 2.75) is 26.3 Å². The highest BCUT2D eigenvalue weighted by atomic mass is 32.1. The van der Waals surface area contributed by atoms with Crippen molar-refractivity contribution in [3.8, 4) is 0 Å². The highest BCUT2D eigenvalue weighted by molar-refractivity contribution is 7.10. The standard InChI is InChI=1S/C14H22N6S/c1-4-15-14(17-9-13-19-18-10-20(13)3)16-8-11(2)12-6-5-7-21-12/h5-7,10-11H,4,8-9H2,1-3H3,(H2,15,16,17). The largest absolute Gasteiger partial charge is 0.357 e. The summed E-state index contributed by atoms with van der Waals surface area (Å²) in [4.78, 5) is 5.93. The summed E-state index contributed by atoms with van der Waals surface area (Å²) in [6, 6.07) is 4.25. The number of hydrogen-bond acceptors (Lipinski definition) is 4. The summed E-state index contributed by atoms with van der Waals surface area (Å²) in [5.74, 6) is 2.12. The summed E-state index contributed by atoms with van der Waals surface area (Å²) in [6.45, 7) is 6.47. The van der Waals surface area contributed by atoms with E-state index in [4.69, 9.17) is 0 Å². The van der Waals surface area contributed by atoms with Gasteiger partial charge in [-0.1, -0.05) is 13.0 Å². The Morgan fingerprint density at radius 3 is 2.95 bits per heavy atom. The van der Waals surface area contributed by atoms with Crippen molar-refractivity contribution in [2.75, 3.05) is 13.1 Å². The molecule has 0 amide bonds. The molecule has 0 bridgehead atoms. The van der Waals surface area contributed by atoms with E-state index in [1.165, 1.54) is 4.88 Å². The Morgan fingerprint density at radius 1 is 1.48 bits per heavy atom. The molecule has 0 aromatic carbocycles. The molecule has 0 aliphatic rings. The van der Waals surface area contributed by atoms with E-state index >= 15 is 0 Å². The maximum absolute atomic E-state index is 4.54. The quantitative estimate of drug-likeness (QED) is 0.630. The predicted octanol–water partition coefficient (Wildman–Crippen LogP) is 1.74. The third-order valence-electron chi connectivity index (χ3n) is 3.13. The molecule has 2 aromatic heterocycles. The first-order valence-electron chi connectivity index (χ1n) is 7.09. The van der Waals surface area contributed by atoms with Gasteiger partial charge in [0.2, 0.25) is 0 Å². The van der Waals surface area contributed by atoms with Crippen LogP contribution in [0.4, 0.5) is 0 Å². The minimum absolute atomic E-state index is 0.462. The van der Waals surface area contributed by atoms with Gasteiger partial charge in [0.1, 0.15) is 12.9 Å². The lowest BCUT2D eigenvalue weighted by atomic mass is 10.1. The number of rotatable bonds is 6. The van der Waals surface area contributed by atoms with Crippen LogP contribution in [0.1, 0.15) is 30.5 Å². The van der Waals surface area contributed by atoms with Gasteiger partial charge < -0.3 is 15.2 Å². The fraction of sp³-hybridized carbons (Fsp3) is 0.500. The second-order valence-corrected chi connectivity index (χ2v) is 5.83. The van der Waals surface area contributed by atoms with Crippen LogP contribution in [0, 0.1) is 0 Å². The van der Waals surface area contributed by atoms with Gasteiger partial charge in [-0.15, -0.1) is 21.5 Å². The highest BCUT2D eigenvalue weighted by Crippen LogP contribution is 2.19. The molecule has 2 heterocycles. The molecular formula is C14H22N6S. The van der Waals surface area contributed by atoms with Gasteiger partial charge in [-0.3, -0.25) is 0 Å². The third kappa shape index (κ3) is 4.56. The molecule has 2 N–H and O–H groups in total. The number of aliphatic imine (C=N–C) groups is 1. The number of nitrogens with zero attached hydrogens (tertiary/aromatic N) is 4. The third-order valence-corrected chi connectivity index (χ3v) is 4.24. The molecule has 1 atom stereocenters. The zero-order valence-corrected chi connectivity index (χ0v) is 13.5. The maximum atomic E-state index is 4.54. The predicted molar refractivity (Wildman–Crippen MR) is 86.6 cm³/mol. The summed E-state index contributed by atoms with van der Waals surface area (Å²) in [6.07, 6.45) is 1.68. The monoisotopic (exact) mass is 306 g/mol. The summed E-state index contributed by atoms with van der Waals surface area (Å²) in [5, 5.41) is 16.6. The molecule has 0 radical (unpaired) electrons. The van der Waals surface area contributed by atoms with E-state index < -0.39 is 0 Å². The fourth-order valence-electron chi connectivity index (χ4n) is 1.86. The lowest BCUT2D eigenvalue weighted by Crippen LogP contribution is -2.39. The Kier molecular flexibility index (Phi) is 5.74. The fourth-order valence-corrected chi connectivity index (χ4v) is 2.65. The van der Waals surface area contributed by atoms with Gasteiger partial charge in [0.15, 0.2) is 11.8 Å². The minimum atomic E-state index is 0.462. The van der Waals surface area contributed by atoms with E-state index in [0.717, 1.165) is 24.9 Å². The van der Waals surface area contributed by atoms with Gasteiger partial charge in [0.05, 0.1) is 0 Å². The highest BCUT2D eigenvalue weighted by Gasteiger charge is 2.07. The summed E-state index contributed by atoms with van der Waals surface area (Å²) >= 11 is 1.79. The van der Waals surface area contributed by atoms with Crippen LogP contribution in [-0.4, -0.2) is 33.8 Å². The topological polar surface area (TPSA) is 67.1 Å². The average molecular weight is 306 g/mol. The zero-order chi connectivity index (χ0) is 15.1. The SMILES string of the molecule is CCNC(=NCc1nncn1C)NCC(C)c1cccs1. The van der Waals surface area contributed by atoms with Crippen LogP contribution in [0.2, 0.25) is 0 Å². The molecule has 0 saturated carbocycles. The van der Waals surface area contributed by atoms with Crippen LogP contribution < -0.4 is 10.6 Å². The Bertz CT molecular complexity index is 560. The van der Waals surface area contributed by atoms with Crippen molar-refractivity contribution in [3.63, 3.8) is 0 Å². The number of guanidine groups is 1. The van der Waals surface area contributed by atoms with E-state index in [1.54, 1.807) is 17.7 Å². The van der Waals surface area contributed by atoms with Crippen molar-refractivity contribution in [2.24, 2.45) is 12.0 Å². The van der Waals surface area contributed by atoms with Crippen LogP contribution in [0.15, 0.2) is 28.8 Å². The van der Waals surface area contributed by atoms with Gasteiger partial charge in [-0.25, -0.2) is 4.99 Å². The van der Waals surface area contributed by atoms with E-state index in [-0.39, 0.29) is 0 Å². The summed E-state index contributed by atoms with van der Waals surface area (Å²) in [5.41, 5.74) is 0. The van der Waals surface area contributed by atoms with Crippen molar-refractivity contribution in [1.29, 1.82) is 0 Å². The van der Waals surface area contributed by atoms with Crippen LogP contribution >= 0.6 is 11.3 Å². The van der Waals surface area contributed by atoms with E-state index in [2.05, 4.69) is 57.2 Å². The van der Waals surface area contributed by atoms with Gasteiger partial charge >= 0.3 is 0 Å². The molecular weight excluding hydrogens is 284 g/mol. The molecule has 2 rings (SSSR count). The first-order valence-corrected chi connectivity index (χ1v) is 7.97. The van der Waals surface area contributed by atoms with E-state index in [1.807, 2.05) is 11.6 Å². The van der Waals surface area contributed by atoms with E-state index in [9.17, 15) is 0 Å². The Hall–Kier alpha value is -1.89. The molecule has 0 saturated heterocycles.